The molecule has 2 bridgehead atoms. The van der Waals surface area contributed by atoms with Crippen molar-refractivity contribution < 1.29 is 18.3 Å². The van der Waals surface area contributed by atoms with Gasteiger partial charge in [0.2, 0.25) is 11.8 Å². The SMILES string of the molecule is Cc1cc(/C=C/C#N)cc(C)c1Oc1nc(NC2C[C-]3CC2C3)nc2c1[C@@H](C(F)F)NC2=O.[Cm]. The smallest absolute Gasteiger partial charge is 0.271 e. The summed E-state index contributed by atoms with van der Waals surface area (Å²) in [5, 5.41) is 14.4. The van der Waals surface area contributed by atoms with Crippen LogP contribution >= 0.6 is 0 Å². The maximum atomic E-state index is 13.7. The Labute approximate surface area is 189 Å². The van der Waals surface area contributed by atoms with Crippen LogP contribution in [0.15, 0.2) is 18.2 Å². The zero-order valence-electron chi connectivity index (χ0n) is 18.5. The maximum absolute atomic E-state index is 13.7. The van der Waals surface area contributed by atoms with Crippen LogP contribution in [-0.4, -0.2) is 28.3 Å². The molecule has 3 aliphatic carbocycles. The molecule has 2 aromatic rings. The first kappa shape index (κ1) is 22.6. The van der Waals surface area contributed by atoms with Crippen molar-refractivity contribution in [1.29, 1.82) is 5.26 Å². The third kappa shape index (κ3) is 3.76. The van der Waals surface area contributed by atoms with Crippen molar-refractivity contribution in [3.8, 4) is 17.7 Å². The number of hydrogen-bond acceptors (Lipinski definition) is 6. The molecule has 34 heavy (non-hydrogen) atoms. The topological polar surface area (TPSA) is 99.9 Å². The first-order valence-electron chi connectivity index (χ1n) is 10.8. The number of nitriles is 1. The number of amides is 1. The molecule has 178 valence electrons. The molecule has 2 atom stereocenters. The van der Waals surface area contributed by atoms with Gasteiger partial charge in [0.05, 0.1) is 11.6 Å². The van der Waals surface area contributed by atoms with Gasteiger partial charge in [0.1, 0.15) is 17.5 Å². The number of aryl methyl sites for hydroxylation is 2. The summed E-state index contributed by atoms with van der Waals surface area (Å²) < 4.78 is 33.6. The predicted molar refractivity (Wildman–Crippen MR) is 117 cm³/mol. The van der Waals surface area contributed by atoms with E-state index in [2.05, 4.69) is 20.6 Å². The monoisotopic (exact) mass is 693 g/mol. The molecule has 10 heteroatoms. The second-order valence-electron chi connectivity index (χ2n) is 8.82. The van der Waals surface area contributed by atoms with Crippen molar-refractivity contribution in [2.45, 2.75) is 51.6 Å². The van der Waals surface area contributed by atoms with Crippen LogP contribution in [0.3, 0.4) is 0 Å². The van der Waals surface area contributed by atoms with Crippen molar-refractivity contribution >= 4 is 17.9 Å². The fraction of sp³-hybridized carbons (Fsp3) is 0.375. The average molecular weight is 697 g/mol. The third-order valence-corrected chi connectivity index (χ3v) is 6.50. The van der Waals surface area contributed by atoms with Crippen LogP contribution in [0.4, 0.5) is 14.7 Å². The summed E-state index contributed by atoms with van der Waals surface area (Å²) in [6, 6.07) is 4.25. The Morgan fingerprint density at radius 3 is 2.56 bits per heavy atom. The predicted octanol–water partition coefficient (Wildman–Crippen LogP) is 4.64. The van der Waals surface area contributed by atoms with Gasteiger partial charge in [0.15, 0.2) is 0 Å². The van der Waals surface area contributed by atoms with Gasteiger partial charge < -0.3 is 21.3 Å². The summed E-state index contributed by atoms with van der Waals surface area (Å²) >= 11 is 0. The van der Waals surface area contributed by atoms with E-state index in [-0.39, 0.29) is 29.1 Å². The number of carbonyl (C=O) groups is 1. The Kier molecular flexibility index (Phi) is 5.61. The summed E-state index contributed by atoms with van der Waals surface area (Å²) in [5.74, 6) is 1.96. The number of carbonyl (C=O) groups excluding carboxylic acids is 1. The molecule has 3 fully saturated rings. The Morgan fingerprint density at radius 1 is 1.26 bits per heavy atom. The number of alkyl halides is 2. The Bertz CT molecular complexity index is 1180. The molecule has 2 N–H and O–H groups in total. The number of nitrogens with one attached hydrogen (secondary N) is 2. The van der Waals surface area contributed by atoms with Gasteiger partial charge in [-0.2, -0.15) is 29.5 Å². The van der Waals surface area contributed by atoms with E-state index in [0.717, 1.165) is 36.0 Å². The van der Waals surface area contributed by atoms with E-state index in [9.17, 15) is 13.6 Å². The van der Waals surface area contributed by atoms with Crippen molar-refractivity contribution in [3.63, 3.8) is 0 Å². The molecule has 7 nitrogen and oxygen atoms in total. The molecule has 1 aromatic heterocycles. The Balaban J connectivity index is 0.00000274. The van der Waals surface area contributed by atoms with Crippen molar-refractivity contribution in [3.05, 3.63) is 52.1 Å². The molecule has 1 aliphatic heterocycles. The molecular formula is C24H22CmF2N5O2-. The van der Waals surface area contributed by atoms with Crippen molar-refractivity contribution in [2.75, 3.05) is 5.32 Å². The summed E-state index contributed by atoms with van der Waals surface area (Å²) in [6.07, 6.45) is 3.33. The molecule has 0 saturated heterocycles. The quantitative estimate of drug-likeness (QED) is 0.338. The summed E-state index contributed by atoms with van der Waals surface area (Å²) in [7, 11) is 0. The van der Waals surface area contributed by atoms with Crippen molar-refractivity contribution in [2.24, 2.45) is 5.92 Å². The minimum Gasteiger partial charge on any atom is -0.438 e. The second kappa shape index (κ2) is 8.43. The summed E-state index contributed by atoms with van der Waals surface area (Å²) in [5.41, 5.74) is 2.18. The maximum Gasteiger partial charge on any atom is 0.271 e. The second-order valence-corrected chi connectivity index (χ2v) is 8.82. The summed E-state index contributed by atoms with van der Waals surface area (Å²) in [6.45, 7) is 3.65. The number of ether oxygens (including phenoxy) is 1. The van der Waals surface area contributed by atoms with E-state index in [4.69, 9.17) is 10.00 Å². The number of rotatable bonds is 6. The van der Waals surface area contributed by atoms with Crippen molar-refractivity contribution in [1.82, 2.24) is 15.3 Å². The number of benzene rings is 1. The van der Waals surface area contributed by atoms with E-state index >= 15 is 0 Å². The van der Waals surface area contributed by atoms with Gasteiger partial charge >= 0.3 is 0 Å². The number of allylic oxidation sites excluding steroid dienone is 1. The fourth-order valence-corrected chi connectivity index (χ4v) is 4.93. The molecule has 2 heterocycles. The van der Waals surface area contributed by atoms with Crippen LogP contribution in [0.1, 0.15) is 58.0 Å². The van der Waals surface area contributed by atoms with Crippen LogP contribution in [0.5, 0.6) is 11.6 Å². The standard InChI is InChI=1S/C24H22F2N5O2.Cm/c1-11-6-13(4-3-5-27)7-12(2)20(11)33-23-17-18(21(25)26)29-22(32)19(17)30-24(31-23)28-16-10-14-8-15(16)9-14;/h3-4,6-7,15-16,18,21H,8-10H2,1-2H3,(H,29,32)(H,28,30,31);/q-1;/b4-3+;/t16?,18-;/m0./s1. The van der Waals surface area contributed by atoms with E-state index in [1.54, 1.807) is 6.08 Å². The van der Waals surface area contributed by atoms with Gasteiger partial charge in [0.25, 0.3) is 12.3 Å². The van der Waals surface area contributed by atoms with Crippen LogP contribution < -0.4 is 15.4 Å². The Hall–Kier alpha value is -4.54. The first-order valence-corrected chi connectivity index (χ1v) is 10.8. The van der Waals surface area contributed by atoms with Gasteiger partial charge in [0, 0.05) is 12.1 Å². The number of hydrogen-bond donors (Lipinski definition) is 2. The molecule has 0 spiro atoms. The van der Waals surface area contributed by atoms with Gasteiger partial charge in [-0.05, 0) is 48.7 Å². The summed E-state index contributed by atoms with van der Waals surface area (Å²) in [4.78, 5) is 21.2. The van der Waals surface area contributed by atoms with Crippen LogP contribution in [0.2, 0.25) is 0 Å². The van der Waals surface area contributed by atoms with Gasteiger partial charge in [-0.15, -0.1) is 0 Å². The zero-order chi connectivity index (χ0) is 23.3. The van der Waals surface area contributed by atoms with Gasteiger partial charge in [-0.3, -0.25) is 4.79 Å². The normalized spacial score (nSPS) is 22.7. The molecule has 6 rings (SSSR count). The number of nitrogens with zero attached hydrogens (tertiary/aromatic N) is 3. The molecule has 1 unspecified atom stereocenters. The van der Waals surface area contributed by atoms with Crippen LogP contribution in [0.25, 0.3) is 6.08 Å². The molecule has 3 saturated carbocycles. The number of aromatic nitrogens is 2. The first-order chi connectivity index (χ1) is 15.8. The zero-order valence-corrected chi connectivity index (χ0v) is 21.5. The minimum absolute atomic E-state index is 0. The Morgan fingerprint density at radius 2 is 1.97 bits per heavy atom. The third-order valence-electron chi connectivity index (χ3n) is 6.50. The number of anilines is 1. The van der Waals surface area contributed by atoms with Crippen LogP contribution in [-0.2, 0) is 0 Å². The molecular weight excluding hydrogens is 675 g/mol. The molecule has 1 amide bonds. The van der Waals surface area contributed by atoms with E-state index < -0.39 is 18.4 Å². The fourth-order valence-electron chi connectivity index (χ4n) is 4.93. The number of fused-ring (bicyclic) bond motifs is 2. The van der Waals surface area contributed by atoms with E-state index in [0.29, 0.717) is 11.7 Å². The van der Waals surface area contributed by atoms with Crippen LogP contribution in [0, 0.1) is 37.0 Å². The van der Waals surface area contributed by atoms with Gasteiger partial charge in [-0.1, -0.05) is 5.92 Å². The molecule has 1 aromatic carbocycles. The van der Waals surface area contributed by atoms with Gasteiger partial charge in [-0.25, -0.2) is 13.8 Å². The van der Waals surface area contributed by atoms with E-state index in [1.807, 2.05) is 32.0 Å². The van der Waals surface area contributed by atoms with E-state index in [1.165, 1.54) is 12.0 Å². The molecule has 0 radical (unpaired) electrons. The molecule has 4 aliphatic rings. The number of halogens is 2. The average Bonchev–Trinajstić information content (AvgIpc) is 3.41. The largest absolute Gasteiger partial charge is 0.438 e. The minimum atomic E-state index is -2.83.